The van der Waals surface area contributed by atoms with Crippen LogP contribution in [0, 0.1) is 5.92 Å². The zero-order valence-electron chi connectivity index (χ0n) is 25.3. The summed E-state index contributed by atoms with van der Waals surface area (Å²) in [5.74, 6) is -0.659. The highest BCUT2D eigenvalue weighted by atomic mass is 32.2. The number of aromatic carboxylic acids is 1. The van der Waals surface area contributed by atoms with E-state index in [1.807, 2.05) is 30.3 Å². The minimum Gasteiger partial charge on any atom is -0.477 e. The van der Waals surface area contributed by atoms with Crippen molar-refractivity contribution < 1.29 is 23.1 Å². The summed E-state index contributed by atoms with van der Waals surface area (Å²) in [6, 6.07) is 14.8. The lowest BCUT2D eigenvalue weighted by molar-refractivity contribution is -0.121. The Kier molecular flexibility index (Phi) is 8.40. The molecular weight excluding hydrogens is 611 g/mol. The third kappa shape index (κ3) is 5.89. The summed E-state index contributed by atoms with van der Waals surface area (Å²) in [6.07, 6.45) is 8.65. The lowest BCUT2D eigenvalue weighted by atomic mass is 9.82. The van der Waals surface area contributed by atoms with Gasteiger partial charge in [0.25, 0.3) is 0 Å². The number of aromatic nitrogens is 1. The predicted molar refractivity (Wildman–Crippen MR) is 174 cm³/mol. The van der Waals surface area contributed by atoms with E-state index in [0.717, 1.165) is 85.9 Å². The van der Waals surface area contributed by atoms with Crippen LogP contribution in [0.15, 0.2) is 59.6 Å². The van der Waals surface area contributed by atoms with Gasteiger partial charge in [-0.15, -0.1) is 11.3 Å². The number of carbonyl (C=O) groups is 2. The highest BCUT2D eigenvalue weighted by molar-refractivity contribution is 7.89. The van der Waals surface area contributed by atoms with Crippen molar-refractivity contribution in [1.29, 1.82) is 0 Å². The van der Waals surface area contributed by atoms with Gasteiger partial charge in [0.15, 0.2) is 0 Å². The number of thiophene rings is 1. The summed E-state index contributed by atoms with van der Waals surface area (Å²) in [6.45, 7) is 3.65. The summed E-state index contributed by atoms with van der Waals surface area (Å²) in [7, 11) is -4.02. The van der Waals surface area contributed by atoms with Gasteiger partial charge < -0.3 is 14.9 Å². The van der Waals surface area contributed by atoms with E-state index in [9.17, 15) is 23.1 Å². The Bertz CT molecular complexity index is 1660. The lowest BCUT2D eigenvalue weighted by Crippen LogP contribution is -2.60. The number of nitrogens with zero attached hydrogens (tertiary/aromatic N) is 5. The van der Waals surface area contributed by atoms with Gasteiger partial charge in [0.1, 0.15) is 15.6 Å². The standard InChI is InChI=1S/C33H39N5O5S2/c39-31-22-37(45(42,43)26-13-14-30(34-19-26)36-17-16-35-15-7-12-25(35)20-36)21-28(23-8-3-1-4-9-23)38(31)27-18-29(44-32(27)33(40)41)24-10-5-2-6-11-24/h2,5-6,10-11,13-14,18-19,23,25,28H,1,3-4,7-9,12,15-17,20-22H2,(H,40,41)/t25?,28-/m0/s1. The highest BCUT2D eigenvalue weighted by Crippen LogP contribution is 2.42. The largest absolute Gasteiger partial charge is 0.477 e. The van der Waals surface area contributed by atoms with E-state index in [2.05, 4.69) is 14.8 Å². The van der Waals surface area contributed by atoms with Crippen molar-refractivity contribution in [1.82, 2.24) is 14.2 Å². The molecule has 12 heteroatoms. The molecular formula is C33H39N5O5S2. The molecule has 2 atom stereocenters. The normalized spacial score (nSPS) is 23.8. The number of rotatable bonds is 7. The van der Waals surface area contributed by atoms with Crippen molar-refractivity contribution in [3.63, 3.8) is 0 Å². The fraction of sp³-hybridized carbons (Fsp3) is 0.485. The molecule has 0 spiro atoms. The number of hydrogen-bond donors (Lipinski definition) is 1. The monoisotopic (exact) mass is 649 g/mol. The second kappa shape index (κ2) is 12.5. The SMILES string of the molecule is O=C(O)c1sc(-c2ccccc2)cc1N1C(=O)CN(S(=O)(=O)c2ccc(N3CCN4CCCC4C3)nc2)C[C@H]1C1CCCCC1. The van der Waals surface area contributed by atoms with Crippen LogP contribution in [-0.4, -0.2) is 90.9 Å². The Balaban J connectivity index is 1.17. The fourth-order valence-corrected chi connectivity index (χ4v) is 10.0. The molecule has 3 aromatic rings. The first kappa shape index (κ1) is 30.3. The number of pyridine rings is 1. The average molecular weight is 650 g/mol. The lowest BCUT2D eigenvalue weighted by Gasteiger charge is -2.44. The number of benzene rings is 1. The van der Waals surface area contributed by atoms with Crippen LogP contribution in [0.3, 0.4) is 0 Å². The Morgan fingerprint density at radius 2 is 1.73 bits per heavy atom. The van der Waals surface area contributed by atoms with Gasteiger partial charge in [-0.25, -0.2) is 18.2 Å². The molecule has 4 fully saturated rings. The first-order chi connectivity index (χ1) is 21.8. The zero-order chi connectivity index (χ0) is 31.1. The third-order valence-corrected chi connectivity index (χ3v) is 12.9. The highest BCUT2D eigenvalue weighted by Gasteiger charge is 2.44. The maximum atomic E-state index is 14.0. The van der Waals surface area contributed by atoms with E-state index in [1.165, 1.54) is 23.3 Å². The number of carboxylic acid groups (broad SMARTS) is 1. The molecule has 1 unspecified atom stereocenters. The molecule has 1 saturated carbocycles. The molecule has 45 heavy (non-hydrogen) atoms. The molecule has 10 nitrogen and oxygen atoms in total. The molecule has 0 radical (unpaired) electrons. The van der Waals surface area contributed by atoms with Gasteiger partial charge in [0.2, 0.25) is 15.9 Å². The second-order valence-electron chi connectivity index (χ2n) is 12.7. The van der Waals surface area contributed by atoms with Gasteiger partial charge in [0.05, 0.1) is 18.3 Å². The van der Waals surface area contributed by atoms with Gasteiger partial charge in [-0.2, -0.15) is 4.31 Å². The third-order valence-electron chi connectivity index (χ3n) is 9.99. The number of sulfonamides is 1. The molecule has 3 aliphatic heterocycles. The van der Waals surface area contributed by atoms with Crippen LogP contribution in [0.2, 0.25) is 0 Å². The zero-order valence-corrected chi connectivity index (χ0v) is 26.9. The Labute approximate surface area is 268 Å². The topological polar surface area (TPSA) is 114 Å². The van der Waals surface area contributed by atoms with Crippen LogP contribution in [0.1, 0.15) is 54.6 Å². The number of carbonyl (C=O) groups excluding carboxylic acids is 1. The number of piperazine rings is 2. The van der Waals surface area contributed by atoms with Crippen molar-refractivity contribution >= 4 is 44.7 Å². The molecule has 1 N–H and O–H groups in total. The second-order valence-corrected chi connectivity index (χ2v) is 15.6. The van der Waals surface area contributed by atoms with Crippen LogP contribution in [-0.2, 0) is 14.8 Å². The minimum atomic E-state index is -4.02. The smallest absolute Gasteiger partial charge is 0.348 e. The quantitative estimate of drug-likeness (QED) is 0.389. The molecule has 1 amide bonds. The van der Waals surface area contributed by atoms with Crippen LogP contribution >= 0.6 is 11.3 Å². The van der Waals surface area contributed by atoms with E-state index in [-0.39, 0.29) is 28.8 Å². The molecule has 238 valence electrons. The number of amides is 1. The molecule has 3 saturated heterocycles. The van der Waals surface area contributed by atoms with Gasteiger partial charge in [-0.1, -0.05) is 49.6 Å². The predicted octanol–water partition coefficient (Wildman–Crippen LogP) is 4.78. The van der Waals surface area contributed by atoms with Gasteiger partial charge in [-0.05, 0) is 61.9 Å². The van der Waals surface area contributed by atoms with Gasteiger partial charge in [-0.3, -0.25) is 9.69 Å². The first-order valence-electron chi connectivity index (χ1n) is 16.0. The van der Waals surface area contributed by atoms with Crippen molar-refractivity contribution in [2.24, 2.45) is 5.92 Å². The van der Waals surface area contributed by atoms with E-state index >= 15 is 0 Å². The maximum absolute atomic E-state index is 14.0. The van der Waals surface area contributed by atoms with Crippen molar-refractivity contribution in [3.05, 3.63) is 59.6 Å². The van der Waals surface area contributed by atoms with E-state index in [1.54, 1.807) is 23.1 Å². The Morgan fingerprint density at radius 3 is 2.47 bits per heavy atom. The molecule has 5 heterocycles. The summed E-state index contributed by atoms with van der Waals surface area (Å²) in [5.41, 5.74) is 1.23. The molecule has 1 aromatic carbocycles. The first-order valence-corrected chi connectivity index (χ1v) is 18.2. The number of carboxylic acids is 1. The van der Waals surface area contributed by atoms with Crippen LogP contribution in [0.25, 0.3) is 10.4 Å². The maximum Gasteiger partial charge on any atom is 0.348 e. The summed E-state index contributed by atoms with van der Waals surface area (Å²) in [5, 5.41) is 10.2. The van der Waals surface area contributed by atoms with E-state index < -0.39 is 27.9 Å². The number of hydrogen-bond acceptors (Lipinski definition) is 8. The summed E-state index contributed by atoms with van der Waals surface area (Å²) < 4.78 is 29.3. The van der Waals surface area contributed by atoms with Crippen LogP contribution < -0.4 is 9.80 Å². The summed E-state index contributed by atoms with van der Waals surface area (Å²) >= 11 is 1.15. The molecule has 1 aliphatic carbocycles. The molecule has 7 rings (SSSR count). The van der Waals surface area contributed by atoms with Crippen LogP contribution in [0.4, 0.5) is 11.5 Å². The fourth-order valence-electron chi connectivity index (χ4n) is 7.66. The molecule has 4 aliphatic rings. The molecule has 2 aromatic heterocycles. The molecule has 0 bridgehead atoms. The number of anilines is 2. The number of fused-ring (bicyclic) bond motifs is 1. The summed E-state index contributed by atoms with van der Waals surface area (Å²) in [4.78, 5) is 38.3. The average Bonchev–Trinajstić information content (AvgIpc) is 3.73. The van der Waals surface area contributed by atoms with E-state index in [4.69, 9.17) is 0 Å². The van der Waals surface area contributed by atoms with Crippen molar-refractivity contribution in [3.8, 4) is 10.4 Å². The van der Waals surface area contributed by atoms with E-state index in [0.29, 0.717) is 11.7 Å². The minimum absolute atomic E-state index is 0.0668. The van der Waals surface area contributed by atoms with Gasteiger partial charge >= 0.3 is 5.97 Å². The Morgan fingerprint density at radius 1 is 0.933 bits per heavy atom. The Hall–Kier alpha value is -3.32. The van der Waals surface area contributed by atoms with Crippen molar-refractivity contribution in [2.75, 3.05) is 49.1 Å². The van der Waals surface area contributed by atoms with Crippen molar-refractivity contribution in [2.45, 2.75) is 61.9 Å². The van der Waals surface area contributed by atoms with Crippen LogP contribution in [0.5, 0.6) is 0 Å². The van der Waals surface area contributed by atoms with Gasteiger partial charge in [0, 0.05) is 43.3 Å².